The Kier molecular flexibility index (Phi) is 2.70. The minimum Gasteiger partial charge on any atom is -0.397 e. The lowest BCUT2D eigenvalue weighted by atomic mass is 10.5. The maximum atomic E-state index is 5.57. The van der Waals surface area contributed by atoms with Crippen molar-refractivity contribution in [2.75, 3.05) is 11.5 Å². The van der Waals surface area contributed by atoms with E-state index in [1.54, 1.807) is 18.0 Å². The Hall–Kier alpha value is -0.770. The van der Waals surface area contributed by atoms with Gasteiger partial charge in [0.05, 0.1) is 5.69 Å². The highest BCUT2D eigenvalue weighted by molar-refractivity contribution is 7.99. The van der Waals surface area contributed by atoms with E-state index in [9.17, 15) is 0 Å². The molecular weight excluding hydrogens is 158 g/mol. The molecule has 0 aliphatic carbocycles. The predicted molar refractivity (Wildman–Crippen MR) is 46.2 cm³/mol. The van der Waals surface area contributed by atoms with Crippen molar-refractivity contribution in [1.82, 2.24) is 5.10 Å². The third kappa shape index (κ3) is 2.08. The Bertz CT molecular complexity index is 249. The maximum Gasteiger partial charge on any atom is 0.268 e. The van der Waals surface area contributed by atoms with Crippen molar-refractivity contribution in [2.45, 2.75) is 11.9 Å². The van der Waals surface area contributed by atoms with Crippen LogP contribution in [0.2, 0.25) is 0 Å². The van der Waals surface area contributed by atoms with Crippen LogP contribution in [0.5, 0.6) is 0 Å². The van der Waals surface area contributed by atoms with Crippen LogP contribution in [0.4, 0.5) is 5.69 Å². The van der Waals surface area contributed by atoms with E-state index in [-0.39, 0.29) is 0 Å². The SMILES string of the molecule is CCSc1cc(N)cn[n+]1C. The summed E-state index contributed by atoms with van der Waals surface area (Å²) < 4.78 is 1.82. The van der Waals surface area contributed by atoms with E-state index in [4.69, 9.17) is 5.73 Å². The highest BCUT2D eigenvalue weighted by Gasteiger charge is 2.06. The van der Waals surface area contributed by atoms with Crippen molar-refractivity contribution in [3.05, 3.63) is 12.3 Å². The Morgan fingerprint density at radius 2 is 2.45 bits per heavy atom. The molecule has 0 aliphatic rings. The number of thioether (sulfide) groups is 1. The topological polar surface area (TPSA) is 42.8 Å². The lowest BCUT2D eigenvalue weighted by Gasteiger charge is -1.95. The molecule has 0 spiro atoms. The summed E-state index contributed by atoms with van der Waals surface area (Å²) in [6.45, 7) is 2.11. The van der Waals surface area contributed by atoms with Crippen LogP contribution in [0.1, 0.15) is 6.92 Å². The predicted octanol–water partition coefficient (Wildman–Crippen LogP) is 0.600. The summed E-state index contributed by atoms with van der Waals surface area (Å²) in [5.74, 6) is 1.04. The second kappa shape index (κ2) is 3.57. The molecule has 1 rings (SSSR count). The maximum absolute atomic E-state index is 5.57. The van der Waals surface area contributed by atoms with Gasteiger partial charge in [0.25, 0.3) is 5.03 Å². The number of anilines is 1. The van der Waals surface area contributed by atoms with E-state index in [1.165, 1.54) is 0 Å². The minimum atomic E-state index is 0.721. The molecule has 0 aromatic carbocycles. The van der Waals surface area contributed by atoms with Gasteiger partial charge in [-0.1, -0.05) is 23.4 Å². The third-order valence-electron chi connectivity index (χ3n) is 1.28. The molecule has 0 unspecified atom stereocenters. The van der Waals surface area contributed by atoms with Gasteiger partial charge in [0.15, 0.2) is 7.05 Å². The first-order valence-electron chi connectivity index (χ1n) is 3.48. The Balaban J connectivity index is 2.93. The highest BCUT2D eigenvalue weighted by atomic mass is 32.2. The number of aryl methyl sites for hydroxylation is 1. The van der Waals surface area contributed by atoms with Crippen LogP contribution in [-0.2, 0) is 7.05 Å². The molecule has 0 atom stereocenters. The van der Waals surface area contributed by atoms with Gasteiger partial charge in [0.1, 0.15) is 6.20 Å². The van der Waals surface area contributed by atoms with Gasteiger partial charge < -0.3 is 5.73 Å². The van der Waals surface area contributed by atoms with Crippen LogP contribution >= 0.6 is 11.8 Å². The highest BCUT2D eigenvalue weighted by Crippen LogP contribution is 2.13. The zero-order valence-electron chi connectivity index (χ0n) is 6.74. The third-order valence-corrected chi connectivity index (χ3v) is 2.25. The second-order valence-electron chi connectivity index (χ2n) is 2.18. The molecule has 1 aromatic rings. The number of aromatic nitrogens is 2. The Labute approximate surface area is 70.6 Å². The van der Waals surface area contributed by atoms with Gasteiger partial charge in [0, 0.05) is 11.8 Å². The van der Waals surface area contributed by atoms with Crippen LogP contribution < -0.4 is 10.4 Å². The van der Waals surface area contributed by atoms with E-state index in [2.05, 4.69) is 12.0 Å². The average Bonchev–Trinajstić information content (AvgIpc) is 1.98. The molecule has 11 heavy (non-hydrogen) atoms. The van der Waals surface area contributed by atoms with Crippen molar-refractivity contribution < 1.29 is 4.68 Å². The first kappa shape index (κ1) is 8.33. The number of nitrogens with two attached hydrogens (primary N) is 1. The zero-order chi connectivity index (χ0) is 8.27. The van der Waals surface area contributed by atoms with Crippen LogP contribution in [-0.4, -0.2) is 10.9 Å². The van der Waals surface area contributed by atoms with Gasteiger partial charge in [-0.3, -0.25) is 0 Å². The molecule has 0 saturated carbocycles. The van der Waals surface area contributed by atoms with E-state index < -0.39 is 0 Å². The second-order valence-corrected chi connectivity index (χ2v) is 3.47. The lowest BCUT2D eigenvalue weighted by Crippen LogP contribution is -2.35. The molecule has 0 bridgehead atoms. The number of hydrogen-bond acceptors (Lipinski definition) is 3. The Morgan fingerprint density at radius 3 is 3.09 bits per heavy atom. The van der Waals surface area contributed by atoms with Gasteiger partial charge in [-0.25, -0.2) is 0 Å². The number of rotatable bonds is 2. The standard InChI is InChI=1S/C7H11N3S/c1-3-11-7-4-6(8)5-9-10(7)2/h4-5,8H,3H2,1-2H3/p+1. The molecule has 4 heteroatoms. The van der Waals surface area contributed by atoms with Crippen LogP contribution in [0, 0.1) is 0 Å². The van der Waals surface area contributed by atoms with E-state index in [1.807, 2.05) is 17.8 Å². The number of nitrogen functional groups attached to an aromatic ring is 1. The first-order valence-corrected chi connectivity index (χ1v) is 4.47. The van der Waals surface area contributed by atoms with Gasteiger partial charge in [-0.15, -0.1) is 0 Å². The molecule has 0 saturated heterocycles. The van der Waals surface area contributed by atoms with E-state index in [0.717, 1.165) is 16.5 Å². The lowest BCUT2D eigenvalue weighted by molar-refractivity contribution is -0.765. The van der Waals surface area contributed by atoms with E-state index in [0.29, 0.717) is 0 Å². The fourth-order valence-corrected chi connectivity index (χ4v) is 1.52. The fraction of sp³-hybridized carbons (Fsp3) is 0.429. The van der Waals surface area contributed by atoms with Crippen molar-refractivity contribution in [1.29, 1.82) is 0 Å². The number of hydrogen-bond donors (Lipinski definition) is 1. The summed E-state index contributed by atoms with van der Waals surface area (Å²) in [7, 11) is 1.91. The molecule has 0 aliphatic heterocycles. The molecule has 1 heterocycles. The van der Waals surface area contributed by atoms with Crippen molar-refractivity contribution >= 4 is 17.4 Å². The first-order chi connectivity index (χ1) is 5.24. The van der Waals surface area contributed by atoms with Crippen LogP contribution in [0.3, 0.4) is 0 Å². The van der Waals surface area contributed by atoms with Crippen LogP contribution in [0.25, 0.3) is 0 Å². The van der Waals surface area contributed by atoms with Gasteiger partial charge in [-0.2, -0.15) is 0 Å². The average molecular weight is 170 g/mol. The summed E-state index contributed by atoms with van der Waals surface area (Å²) in [5, 5.41) is 5.17. The molecule has 2 N–H and O–H groups in total. The molecule has 0 radical (unpaired) electrons. The van der Waals surface area contributed by atoms with Crippen molar-refractivity contribution in [3.63, 3.8) is 0 Å². The molecule has 60 valence electrons. The summed E-state index contributed by atoms with van der Waals surface area (Å²) in [5.41, 5.74) is 6.29. The summed E-state index contributed by atoms with van der Waals surface area (Å²) in [6, 6.07) is 1.93. The quantitative estimate of drug-likeness (QED) is 0.522. The van der Waals surface area contributed by atoms with Crippen LogP contribution in [0.15, 0.2) is 17.3 Å². The van der Waals surface area contributed by atoms with Gasteiger partial charge in [0.2, 0.25) is 0 Å². The fourth-order valence-electron chi connectivity index (χ4n) is 0.766. The van der Waals surface area contributed by atoms with Crippen molar-refractivity contribution in [2.24, 2.45) is 7.05 Å². The minimum absolute atomic E-state index is 0.721. The van der Waals surface area contributed by atoms with E-state index >= 15 is 0 Å². The molecular formula is C7H12N3S+. The molecule has 0 amide bonds. The Morgan fingerprint density at radius 1 is 1.73 bits per heavy atom. The van der Waals surface area contributed by atoms with Crippen molar-refractivity contribution in [3.8, 4) is 0 Å². The van der Waals surface area contributed by atoms with Gasteiger partial charge in [-0.05, 0) is 5.10 Å². The number of nitrogens with zero attached hydrogens (tertiary/aromatic N) is 2. The monoisotopic (exact) mass is 170 g/mol. The molecule has 3 nitrogen and oxygen atoms in total. The van der Waals surface area contributed by atoms with Gasteiger partial charge >= 0.3 is 0 Å². The summed E-state index contributed by atoms with van der Waals surface area (Å²) >= 11 is 1.74. The summed E-state index contributed by atoms with van der Waals surface area (Å²) in [6.07, 6.45) is 1.65. The molecule has 0 fully saturated rings. The zero-order valence-corrected chi connectivity index (χ0v) is 7.56. The normalized spacial score (nSPS) is 10.0. The smallest absolute Gasteiger partial charge is 0.268 e. The summed E-state index contributed by atoms with van der Waals surface area (Å²) in [4.78, 5) is 0. The largest absolute Gasteiger partial charge is 0.397 e. The molecule has 1 aromatic heterocycles.